The van der Waals surface area contributed by atoms with Crippen LogP contribution in [-0.2, 0) is 0 Å². The first kappa shape index (κ1) is 14.4. The molecule has 0 unspecified atom stereocenters. The van der Waals surface area contributed by atoms with Gasteiger partial charge in [-0.2, -0.15) is 5.10 Å². The Balaban J connectivity index is 2.09. The predicted octanol–water partition coefficient (Wildman–Crippen LogP) is 5.02. The van der Waals surface area contributed by atoms with Crippen molar-refractivity contribution in [2.45, 2.75) is 0 Å². The first-order valence-electron chi connectivity index (χ1n) is 5.29. The third-order valence-corrected chi connectivity index (χ3v) is 3.75. The molecule has 0 atom stereocenters. The lowest BCUT2D eigenvalue weighted by molar-refractivity contribution is 0.468. The molecule has 2 aromatic rings. The minimum absolute atomic E-state index is 0.169. The van der Waals surface area contributed by atoms with Crippen LogP contribution < -0.4 is 5.43 Å². The molecule has 2 aromatic carbocycles. The number of rotatable bonds is 3. The maximum Gasteiger partial charge on any atom is 0.143 e. The summed E-state index contributed by atoms with van der Waals surface area (Å²) in [7, 11) is 0. The lowest BCUT2D eigenvalue weighted by atomic mass is 10.2. The van der Waals surface area contributed by atoms with Gasteiger partial charge in [-0.15, -0.1) is 0 Å². The second-order valence-corrected chi connectivity index (χ2v) is 5.86. The van der Waals surface area contributed by atoms with Crippen molar-refractivity contribution < 1.29 is 5.11 Å². The number of phenolic OH excluding ortho intramolecular Hbond substituents is 1. The third-order valence-electron chi connectivity index (χ3n) is 2.29. The van der Waals surface area contributed by atoms with E-state index in [2.05, 4.69) is 42.4 Å². The van der Waals surface area contributed by atoms with E-state index in [1.807, 2.05) is 12.1 Å². The molecule has 0 aliphatic carbocycles. The number of nitrogens with one attached hydrogen (secondary N) is 1. The molecule has 0 aliphatic heterocycles. The Morgan fingerprint density at radius 2 is 1.68 bits per heavy atom. The van der Waals surface area contributed by atoms with Gasteiger partial charge in [-0.3, -0.25) is 5.43 Å². The van der Waals surface area contributed by atoms with Gasteiger partial charge >= 0.3 is 0 Å². The molecule has 6 heteroatoms. The molecule has 0 fully saturated rings. The van der Waals surface area contributed by atoms with E-state index in [-0.39, 0.29) is 5.75 Å². The molecule has 0 saturated heterocycles. The highest BCUT2D eigenvalue weighted by atomic mass is 79.9. The predicted molar refractivity (Wildman–Crippen MR) is 86.2 cm³/mol. The minimum Gasteiger partial charge on any atom is -0.506 e. The van der Waals surface area contributed by atoms with Gasteiger partial charge in [-0.05, 0) is 73.8 Å². The van der Waals surface area contributed by atoms with E-state index in [9.17, 15) is 5.11 Å². The Morgan fingerprint density at radius 1 is 1.11 bits per heavy atom. The van der Waals surface area contributed by atoms with Crippen LogP contribution in [0.25, 0.3) is 0 Å². The first-order chi connectivity index (χ1) is 9.06. The van der Waals surface area contributed by atoms with Crippen LogP contribution in [0.4, 0.5) is 5.69 Å². The molecule has 0 heterocycles. The van der Waals surface area contributed by atoms with Crippen molar-refractivity contribution in [2.75, 3.05) is 5.43 Å². The number of benzene rings is 2. The Kier molecular flexibility index (Phi) is 4.85. The number of nitrogens with zero attached hydrogens (tertiary/aromatic N) is 1. The SMILES string of the molecule is Oc1c(Br)cc(C=NNc2ccc(Cl)cc2)cc1Br. The maximum atomic E-state index is 9.59. The van der Waals surface area contributed by atoms with Gasteiger partial charge in [0.1, 0.15) is 5.75 Å². The van der Waals surface area contributed by atoms with Gasteiger partial charge in [0.25, 0.3) is 0 Å². The van der Waals surface area contributed by atoms with Crippen molar-refractivity contribution in [3.8, 4) is 5.75 Å². The summed E-state index contributed by atoms with van der Waals surface area (Å²) in [5, 5.41) is 14.4. The smallest absolute Gasteiger partial charge is 0.143 e. The van der Waals surface area contributed by atoms with Crippen LogP contribution in [0.3, 0.4) is 0 Å². The number of hydrogen-bond donors (Lipinski definition) is 2. The zero-order valence-corrected chi connectivity index (χ0v) is 13.5. The van der Waals surface area contributed by atoms with Gasteiger partial charge < -0.3 is 5.11 Å². The number of halogens is 3. The summed E-state index contributed by atoms with van der Waals surface area (Å²) in [4.78, 5) is 0. The van der Waals surface area contributed by atoms with Crippen LogP contribution >= 0.6 is 43.5 Å². The van der Waals surface area contributed by atoms with Crippen molar-refractivity contribution in [1.29, 1.82) is 0 Å². The zero-order chi connectivity index (χ0) is 13.8. The molecule has 19 heavy (non-hydrogen) atoms. The average molecular weight is 404 g/mol. The van der Waals surface area contributed by atoms with E-state index < -0.39 is 0 Å². The quantitative estimate of drug-likeness (QED) is 0.558. The van der Waals surface area contributed by atoms with Crippen LogP contribution in [0.5, 0.6) is 5.75 Å². The van der Waals surface area contributed by atoms with Crippen LogP contribution in [0.2, 0.25) is 5.02 Å². The number of phenols is 1. The molecule has 0 aliphatic rings. The van der Waals surface area contributed by atoms with E-state index in [1.165, 1.54) is 0 Å². The summed E-state index contributed by atoms with van der Waals surface area (Å²) in [5.41, 5.74) is 4.58. The molecule has 0 saturated carbocycles. The molecule has 0 bridgehead atoms. The molecule has 3 nitrogen and oxygen atoms in total. The Labute approximate surface area is 132 Å². The monoisotopic (exact) mass is 402 g/mol. The number of hydrogen-bond acceptors (Lipinski definition) is 3. The molecule has 0 amide bonds. The lowest BCUT2D eigenvalue weighted by Crippen LogP contribution is -1.90. The van der Waals surface area contributed by atoms with Gasteiger partial charge in [-0.25, -0.2) is 0 Å². The highest BCUT2D eigenvalue weighted by Crippen LogP contribution is 2.32. The standard InChI is InChI=1S/C13H9Br2ClN2O/c14-11-5-8(6-12(15)13(11)19)7-17-18-10-3-1-9(16)2-4-10/h1-7,18-19H. The summed E-state index contributed by atoms with van der Waals surface area (Å²) in [6.07, 6.45) is 1.66. The molecular weight excluding hydrogens is 395 g/mol. The third kappa shape index (κ3) is 3.96. The minimum atomic E-state index is 0.169. The van der Waals surface area contributed by atoms with Gasteiger partial charge in [0.15, 0.2) is 0 Å². The molecule has 0 radical (unpaired) electrons. The van der Waals surface area contributed by atoms with Crippen molar-refractivity contribution in [3.05, 3.63) is 55.9 Å². The number of aromatic hydroxyl groups is 1. The molecule has 98 valence electrons. The first-order valence-corrected chi connectivity index (χ1v) is 7.25. The summed E-state index contributed by atoms with van der Waals surface area (Å²) >= 11 is 12.3. The molecule has 2 rings (SSSR count). The fourth-order valence-corrected chi connectivity index (χ4v) is 2.71. The highest BCUT2D eigenvalue weighted by molar-refractivity contribution is 9.11. The largest absolute Gasteiger partial charge is 0.506 e. The van der Waals surface area contributed by atoms with Gasteiger partial charge in [0.05, 0.1) is 20.8 Å². The second-order valence-electron chi connectivity index (χ2n) is 3.71. The van der Waals surface area contributed by atoms with E-state index in [0.717, 1.165) is 11.3 Å². The summed E-state index contributed by atoms with van der Waals surface area (Å²) < 4.78 is 1.21. The number of hydrazone groups is 1. The van der Waals surface area contributed by atoms with Crippen molar-refractivity contribution >= 4 is 55.4 Å². The Morgan fingerprint density at radius 3 is 2.26 bits per heavy atom. The molecule has 0 aromatic heterocycles. The van der Waals surface area contributed by atoms with Crippen LogP contribution in [0, 0.1) is 0 Å². The van der Waals surface area contributed by atoms with Gasteiger partial charge in [0, 0.05) is 5.02 Å². The van der Waals surface area contributed by atoms with Crippen LogP contribution in [0.15, 0.2) is 50.4 Å². The van der Waals surface area contributed by atoms with E-state index in [1.54, 1.807) is 30.5 Å². The Hall–Kier alpha value is -1.04. The summed E-state index contributed by atoms with van der Waals surface area (Å²) in [6, 6.07) is 10.8. The topological polar surface area (TPSA) is 44.6 Å². The van der Waals surface area contributed by atoms with Gasteiger partial charge in [0.2, 0.25) is 0 Å². The van der Waals surface area contributed by atoms with Crippen molar-refractivity contribution in [2.24, 2.45) is 5.10 Å². The lowest BCUT2D eigenvalue weighted by Gasteiger charge is -2.03. The van der Waals surface area contributed by atoms with E-state index in [4.69, 9.17) is 11.6 Å². The van der Waals surface area contributed by atoms with Crippen LogP contribution in [0.1, 0.15) is 5.56 Å². The normalized spacial score (nSPS) is 10.9. The van der Waals surface area contributed by atoms with Gasteiger partial charge in [-0.1, -0.05) is 11.6 Å². The van der Waals surface area contributed by atoms with Crippen molar-refractivity contribution in [3.63, 3.8) is 0 Å². The molecule has 0 spiro atoms. The summed E-state index contributed by atoms with van der Waals surface area (Å²) in [5.74, 6) is 0.169. The molecule has 2 N–H and O–H groups in total. The average Bonchev–Trinajstić information content (AvgIpc) is 2.38. The molecular formula is C13H9Br2ClN2O. The van der Waals surface area contributed by atoms with E-state index >= 15 is 0 Å². The second kappa shape index (κ2) is 6.41. The fourth-order valence-electron chi connectivity index (χ4n) is 1.37. The fraction of sp³-hybridized carbons (Fsp3) is 0. The Bertz CT molecular complexity index is 592. The highest BCUT2D eigenvalue weighted by Gasteiger charge is 2.04. The number of anilines is 1. The maximum absolute atomic E-state index is 9.59. The van der Waals surface area contributed by atoms with Crippen molar-refractivity contribution in [1.82, 2.24) is 0 Å². The van der Waals surface area contributed by atoms with Crippen LogP contribution in [-0.4, -0.2) is 11.3 Å². The summed E-state index contributed by atoms with van der Waals surface area (Å²) in [6.45, 7) is 0. The van der Waals surface area contributed by atoms with E-state index in [0.29, 0.717) is 14.0 Å². The zero-order valence-electron chi connectivity index (χ0n) is 9.57.